The number of hydrogen-bond acceptors (Lipinski definition) is 2. The van der Waals surface area contributed by atoms with E-state index in [1.165, 1.54) is 12.8 Å². The van der Waals surface area contributed by atoms with Gasteiger partial charge in [-0.2, -0.15) is 0 Å². The van der Waals surface area contributed by atoms with Crippen molar-refractivity contribution >= 4 is 12.0 Å². The smallest absolute Gasteiger partial charge is 0.315 e. The molecule has 2 rings (SSSR count). The molecule has 5 nitrogen and oxygen atoms in total. The predicted molar refractivity (Wildman–Crippen MR) is 62.7 cm³/mol. The molecule has 0 bridgehead atoms. The molecule has 17 heavy (non-hydrogen) atoms. The zero-order valence-electron chi connectivity index (χ0n) is 9.95. The topological polar surface area (TPSA) is 78.4 Å². The third kappa shape index (κ3) is 3.35. The fourth-order valence-electron chi connectivity index (χ4n) is 2.82. The number of carboxylic acid groups (broad SMARTS) is 1. The van der Waals surface area contributed by atoms with Crippen LogP contribution in [-0.2, 0) is 4.79 Å². The molecule has 0 aromatic heterocycles. The standard InChI is InChI=1S/C12H20N2O3/c15-11(16)8-5-6-10(7-8)14-12(17)13-9-3-1-2-4-9/h8-10H,1-7H2,(H,15,16)(H2,13,14,17). The van der Waals surface area contributed by atoms with E-state index >= 15 is 0 Å². The Bertz CT molecular complexity index is 300. The van der Waals surface area contributed by atoms with Crippen LogP contribution in [0, 0.1) is 5.92 Å². The average molecular weight is 240 g/mol. The van der Waals surface area contributed by atoms with Crippen LogP contribution in [0.4, 0.5) is 4.79 Å². The van der Waals surface area contributed by atoms with Gasteiger partial charge in [-0.15, -0.1) is 0 Å². The van der Waals surface area contributed by atoms with Gasteiger partial charge in [-0.25, -0.2) is 4.79 Å². The highest BCUT2D eigenvalue weighted by Gasteiger charge is 2.30. The van der Waals surface area contributed by atoms with Gasteiger partial charge in [0.2, 0.25) is 0 Å². The molecule has 0 spiro atoms. The summed E-state index contributed by atoms with van der Waals surface area (Å²) in [7, 11) is 0. The molecule has 0 heterocycles. The van der Waals surface area contributed by atoms with Crippen molar-refractivity contribution in [1.29, 1.82) is 0 Å². The number of urea groups is 1. The maximum absolute atomic E-state index is 11.7. The molecule has 2 aliphatic carbocycles. The van der Waals surface area contributed by atoms with Crippen molar-refractivity contribution in [3.8, 4) is 0 Å². The van der Waals surface area contributed by atoms with Crippen molar-refractivity contribution in [1.82, 2.24) is 10.6 Å². The molecule has 96 valence electrons. The van der Waals surface area contributed by atoms with Crippen molar-refractivity contribution in [2.75, 3.05) is 0 Å². The minimum Gasteiger partial charge on any atom is -0.481 e. The van der Waals surface area contributed by atoms with Gasteiger partial charge in [0, 0.05) is 12.1 Å². The first-order chi connectivity index (χ1) is 8.15. The lowest BCUT2D eigenvalue weighted by molar-refractivity contribution is -0.141. The first kappa shape index (κ1) is 12.2. The molecule has 2 fully saturated rings. The van der Waals surface area contributed by atoms with Crippen molar-refractivity contribution in [3.05, 3.63) is 0 Å². The Labute approximate surface area is 101 Å². The van der Waals surface area contributed by atoms with Gasteiger partial charge in [0.1, 0.15) is 0 Å². The summed E-state index contributed by atoms with van der Waals surface area (Å²) in [5.74, 6) is -1.03. The number of rotatable bonds is 3. The Balaban J connectivity index is 1.70. The molecule has 2 unspecified atom stereocenters. The van der Waals surface area contributed by atoms with Crippen LogP contribution in [0.2, 0.25) is 0 Å². The summed E-state index contributed by atoms with van der Waals surface area (Å²) >= 11 is 0. The first-order valence-corrected chi connectivity index (χ1v) is 6.45. The number of carbonyl (C=O) groups excluding carboxylic acids is 1. The molecule has 2 atom stereocenters. The molecular weight excluding hydrogens is 220 g/mol. The van der Waals surface area contributed by atoms with E-state index < -0.39 is 5.97 Å². The number of hydrogen-bond donors (Lipinski definition) is 3. The van der Waals surface area contributed by atoms with Crippen molar-refractivity contribution < 1.29 is 14.7 Å². The fourth-order valence-corrected chi connectivity index (χ4v) is 2.82. The van der Waals surface area contributed by atoms with Crippen LogP contribution in [0.25, 0.3) is 0 Å². The van der Waals surface area contributed by atoms with E-state index in [-0.39, 0.29) is 18.0 Å². The van der Waals surface area contributed by atoms with Gasteiger partial charge in [-0.3, -0.25) is 4.79 Å². The van der Waals surface area contributed by atoms with Crippen molar-refractivity contribution in [2.45, 2.75) is 57.0 Å². The Morgan fingerprint density at radius 3 is 2.18 bits per heavy atom. The summed E-state index contributed by atoms with van der Waals surface area (Å²) in [5, 5.41) is 14.7. The van der Waals surface area contributed by atoms with E-state index in [4.69, 9.17) is 5.11 Å². The van der Waals surface area contributed by atoms with Gasteiger partial charge in [0.15, 0.2) is 0 Å². The van der Waals surface area contributed by atoms with Gasteiger partial charge < -0.3 is 15.7 Å². The SMILES string of the molecule is O=C(NC1CCCC1)NC1CCC(C(=O)O)C1. The second kappa shape index (κ2) is 5.38. The van der Waals surface area contributed by atoms with Crippen LogP contribution in [0.5, 0.6) is 0 Å². The highest BCUT2D eigenvalue weighted by Crippen LogP contribution is 2.25. The summed E-state index contributed by atoms with van der Waals surface area (Å²) in [6, 6.07) is 0.206. The largest absolute Gasteiger partial charge is 0.481 e. The van der Waals surface area contributed by atoms with E-state index in [1.54, 1.807) is 0 Å². The lowest BCUT2D eigenvalue weighted by atomic mass is 10.1. The number of carboxylic acids is 1. The zero-order valence-corrected chi connectivity index (χ0v) is 9.95. The maximum Gasteiger partial charge on any atom is 0.315 e. The predicted octanol–water partition coefficient (Wildman–Crippen LogP) is 1.48. The quantitative estimate of drug-likeness (QED) is 0.699. The van der Waals surface area contributed by atoms with Crippen molar-refractivity contribution in [3.63, 3.8) is 0 Å². The van der Waals surface area contributed by atoms with Gasteiger partial charge in [0.05, 0.1) is 5.92 Å². The Morgan fingerprint density at radius 2 is 1.59 bits per heavy atom. The molecule has 2 saturated carbocycles. The average Bonchev–Trinajstić information content (AvgIpc) is 2.88. The van der Waals surface area contributed by atoms with E-state index in [0.717, 1.165) is 19.3 Å². The molecule has 0 aromatic rings. The highest BCUT2D eigenvalue weighted by atomic mass is 16.4. The van der Waals surface area contributed by atoms with Crippen LogP contribution in [0.3, 0.4) is 0 Å². The Kier molecular flexibility index (Phi) is 3.86. The van der Waals surface area contributed by atoms with Crippen LogP contribution in [-0.4, -0.2) is 29.2 Å². The van der Waals surface area contributed by atoms with Crippen LogP contribution in [0.15, 0.2) is 0 Å². The second-order valence-corrected chi connectivity index (χ2v) is 5.14. The van der Waals surface area contributed by atoms with Gasteiger partial charge in [0.25, 0.3) is 0 Å². The zero-order chi connectivity index (χ0) is 12.3. The second-order valence-electron chi connectivity index (χ2n) is 5.14. The van der Waals surface area contributed by atoms with Crippen LogP contribution >= 0.6 is 0 Å². The summed E-state index contributed by atoms with van der Waals surface area (Å²) in [5.41, 5.74) is 0. The Hall–Kier alpha value is -1.26. The fraction of sp³-hybridized carbons (Fsp3) is 0.833. The van der Waals surface area contributed by atoms with Crippen LogP contribution in [0.1, 0.15) is 44.9 Å². The van der Waals surface area contributed by atoms with Crippen molar-refractivity contribution in [2.24, 2.45) is 5.92 Å². The van der Waals surface area contributed by atoms with E-state index in [2.05, 4.69) is 10.6 Å². The van der Waals surface area contributed by atoms with E-state index in [9.17, 15) is 9.59 Å². The van der Waals surface area contributed by atoms with Gasteiger partial charge >= 0.3 is 12.0 Å². The molecule has 0 aromatic carbocycles. The lowest BCUT2D eigenvalue weighted by Crippen LogP contribution is -2.44. The summed E-state index contributed by atoms with van der Waals surface area (Å²) in [6.45, 7) is 0. The minimum atomic E-state index is -0.745. The molecular formula is C12H20N2O3. The molecule has 0 radical (unpaired) electrons. The monoisotopic (exact) mass is 240 g/mol. The number of aliphatic carboxylic acids is 1. The highest BCUT2D eigenvalue weighted by molar-refractivity contribution is 5.75. The summed E-state index contributed by atoms with van der Waals surface area (Å²) in [6.07, 6.45) is 6.52. The normalized spacial score (nSPS) is 29.2. The van der Waals surface area contributed by atoms with Crippen LogP contribution < -0.4 is 10.6 Å². The van der Waals surface area contributed by atoms with Gasteiger partial charge in [-0.05, 0) is 32.1 Å². The summed E-state index contributed by atoms with van der Waals surface area (Å²) < 4.78 is 0. The van der Waals surface area contributed by atoms with E-state index in [0.29, 0.717) is 18.9 Å². The molecule has 0 saturated heterocycles. The molecule has 5 heteroatoms. The molecule has 3 N–H and O–H groups in total. The van der Waals surface area contributed by atoms with E-state index in [1.807, 2.05) is 0 Å². The first-order valence-electron chi connectivity index (χ1n) is 6.45. The summed E-state index contributed by atoms with van der Waals surface area (Å²) in [4.78, 5) is 22.4. The van der Waals surface area contributed by atoms with Gasteiger partial charge in [-0.1, -0.05) is 12.8 Å². The molecule has 2 amide bonds. The number of carbonyl (C=O) groups is 2. The Morgan fingerprint density at radius 1 is 0.941 bits per heavy atom. The number of amides is 2. The third-order valence-electron chi connectivity index (χ3n) is 3.81. The number of nitrogens with one attached hydrogen (secondary N) is 2. The maximum atomic E-state index is 11.7. The minimum absolute atomic E-state index is 0.0255. The lowest BCUT2D eigenvalue weighted by Gasteiger charge is -2.16. The third-order valence-corrected chi connectivity index (χ3v) is 3.81. The molecule has 0 aliphatic heterocycles. The molecule has 2 aliphatic rings.